The maximum Gasteiger partial charge on any atom is 0.573 e. The Morgan fingerprint density at radius 2 is 1.77 bits per heavy atom. The first kappa shape index (κ1) is 20.6. The van der Waals surface area contributed by atoms with Gasteiger partial charge in [-0.25, -0.2) is 0 Å². The van der Waals surface area contributed by atoms with Gasteiger partial charge in [-0.05, 0) is 56.3 Å². The van der Waals surface area contributed by atoms with Gasteiger partial charge < -0.3 is 19.5 Å². The summed E-state index contributed by atoms with van der Waals surface area (Å²) in [6, 6.07) is 14.8. The Morgan fingerprint density at radius 1 is 1.00 bits per heavy atom. The quantitative estimate of drug-likeness (QED) is 0.677. The molecule has 3 aliphatic rings. The van der Waals surface area contributed by atoms with Crippen LogP contribution in [0.2, 0.25) is 0 Å². The van der Waals surface area contributed by atoms with Gasteiger partial charge in [0.15, 0.2) is 0 Å². The van der Waals surface area contributed by atoms with Crippen LogP contribution in [0.5, 0.6) is 11.5 Å². The molecular weight excluding hydrogens is 407 g/mol. The summed E-state index contributed by atoms with van der Waals surface area (Å²) in [5, 5.41) is 3.58. The van der Waals surface area contributed by atoms with E-state index in [9.17, 15) is 13.2 Å². The maximum absolute atomic E-state index is 13.1. The summed E-state index contributed by atoms with van der Waals surface area (Å²) >= 11 is 0. The molecule has 0 bridgehead atoms. The largest absolute Gasteiger partial charge is 0.573 e. The van der Waals surface area contributed by atoms with Crippen LogP contribution in [0, 0.1) is 0 Å². The van der Waals surface area contributed by atoms with Crippen molar-refractivity contribution in [1.29, 1.82) is 0 Å². The van der Waals surface area contributed by atoms with Crippen LogP contribution in [0.15, 0.2) is 48.5 Å². The zero-order valence-corrected chi connectivity index (χ0v) is 17.2. The minimum Gasteiger partial charge on any atom is -0.490 e. The second-order valence-corrected chi connectivity index (χ2v) is 8.71. The fourth-order valence-electron chi connectivity index (χ4n) is 5.00. The summed E-state index contributed by atoms with van der Waals surface area (Å²) in [5.74, 6) is 0.0599. The van der Waals surface area contributed by atoms with E-state index in [-0.39, 0.29) is 23.8 Å². The van der Waals surface area contributed by atoms with Crippen molar-refractivity contribution in [2.45, 2.75) is 62.1 Å². The van der Waals surface area contributed by atoms with E-state index >= 15 is 0 Å². The first-order chi connectivity index (χ1) is 14.9. The second-order valence-electron chi connectivity index (χ2n) is 8.71. The lowest BCUT2D eigenvalue weighted by molar-refractivity contribution is -0.275. The van der Waals surface area contributed by atoms with E-state index in [2.05, 4.69) is 22.2 Å². The Labute approximate surface area is 179 Å². The Hall–Kier alpha value is -2.25. The third-order valence-electron chi connectivity index (χ3n) is 6.43. The minimum absolute atomic E-state index is 0.00375. The summed E-state index contributed by atoms with van der Waals surface area (Å²) in [5.41, 5.74) is 1.14. The molecule has 0 radical (unpaired) electrons. The highest BCUT2D eigenvalue weighted by atomic mass is 19.4. The van der Waals surface area contributed by atoms with E-state index in [4.69, 9.17) is 9.47 Å². The molecule has 0 unspecified atom stereocenters. The predicted molar refractivity (Wildman–Crippen MR) is 109 cm³/mol. The fraction of sp³-hybridized carbons (Fsp3) is 0.500. The van der Waals surface area contributed by atoms with Gasteiger partial charge in [0.2, 0.25) is 0 Å². The first-order valence-electron chi connectivity index (χ1n) is 10.9. The standard InChI is InChI=1S/C24H26F3NO3/c25-24(26,27)31-20-9-4-8-19(30-18-10-11-18)21(20)17-14-23(29-15-17)12-5-13-28-22(23)16-6-2-1-3-7-16/h1-4,6-9,17-18,22,28H,5,10-15H2/t17-,22+,23-/m1/s1. The number of rotatable bonds is 5. The second kappa shape index (κ2) is 8.02. The van der Waals surface area contributed by atoms with Gasteiger partial charge in [0.05, 0.1) is 24.4 Å². The summed E-state index contributed by atoms with van der Waals surface area (Å²) in [7, 11) is 0. The van der Waals surface area contributed by atoms with Crippen molar-refractivity contribution in [3.05, 3.63) is 59.7 Å². The van der Waals surface area contributed by atoms with Gasteiger partial charge in [0.25, 0.3) is 0 Å². The Bertz CT molecular complexity index is 916. The molecule has 166 valence electrons. The number of alkyl halides is 3. The van der Waals surface area contributed by atoms with Gasteiger partial charge >= 0.3 is 6.36 Å². The van der Waals surface area contributed by atoms with Crippen molar-refractivity contribution in [3.8, 4) is 11.5 Å². The van der Waals surface area contributed by atoms with Crippen molar-refractivity contribution in [3.63, 3.8) is 0 Å². The van der Waals surface area contributed by atoms with Gasteiger partial charge in [0.1, 0.15) is 11.5 Å². The highest BCUT2D eigenvalue weighted by Gasteiger charge is 2.50. The molecule has 7 heteroatoms. The van der Waals surface area contributed by atoms with Gasteiger partial charge in [-0.15, -0.1) is 13.2 Å². The molecule has 1 aliphatic carbocycles. The molecule has 1 spiro atoms. The normalized spacial score (nSPS) is 28.6. The molecule has 3 atom stereocenters. The lowest BCUT2D eigenvalue weighted by atomic mass is 9.76. The summed E-state index contributed by atoms with van der Waals surface area (Å²) in [6.07, 6.45) is -0.407. The van der Waals surface area contributed by atoms with Gasteiger partial charge in [0, 0.05) is 11.5 Å². The SMILES string of the molecule is FC(F)(F)Oc1cccc(OC2CC2)c1[C@H]1CO[C@]2(CCCN[C@H]2c2ccccc2)C1. The molecule has 2 aromatic rings. The number of nitrogens with one attached hydrogen (secondary N) is 1. The molecule has 3 fully saturated rings. The molecule has 2 saturated heterocycles. The number of hydrogen-bond acceptors (Lipinski definition) is 4. The molecule has 0 amide bonds. The van der Waals surface area contributed by atoms with Crippen LogP contribution in [0.4, 0.5) is 13.2 Å². The van der Waals surface area contributed by atoms with Crippen molar-refractivity contribution in [2.75, 3.05) is 13.2 Å². The van der Waals surface area contributed by atoms with Gasteiger partial charge in [-0.3, -0.25) is 0 Å². The zero-order chi connectivity index (χ0) is 21.5. The number of halogens is 3. The van der Waals surface area contributed by atoms with Crippen molar-refractivity contribution in [2.24, 2.45) is 0 Å². The monoisotopic (exact) mass is 433 g/mol. The van der Waals surface area contributed by atoms with E-state index in [1.165, 1.54) is 6.07 Å². The first-order valence-corrected chi connectivity index (χ1v) is 10.9. The van der Waals surface area contributed by atoms with E-state index in [1.807, 2.05) is 18.2 Å². The van der Waals surface area contributed by atoms with Gasteiger partial charge in [-0.1, -0.05) is 36.4 Å². The fourth-order valence-corrected chi connectivity index (χ4v) is 5.00. The van der Waals surface area contributed by atoms with Crippen LogP contribution in [-0.4, -0.2) is 31.2 Å². The maximum atomic E-state index is 13.1. The minimum atomic E-state index is -4.76. The molecule has 4 nitrogen and oxygen atoms in total. The topological polar surface area (TPSA) is 39.7 Å². The molecule has 1 saturated carbocycles. The predicted octanol–water partition coefficient (Wildman–Crippen LogP) is 5.49. The third kappa shape index (κ3) is 4.39. The number of piperidine rings is 1. The average Bonchev–Trinajstić information content (AvgIpc) is 3.47. The highest BCUT2D eigenvalue weighted by Crippen LogP contribution is 2.52. The lowest BCUT2D eigenvalue weighted by Gasteiger charge is -2.41. The van der Waals surface area contributed by atoms with Gasteiger partial charge in [-0.2, -0.15) is 0 Å². The summed E-state index contributed by atoms with van der Waals surface area (Å²) in [6.45, 7) is 1.23. The molecule has 0 aromatic heterocycles. The molecular formula is C24H26F3NO3. The zero-order valence-electron chi connectivity index (χ0n) is 17.2. The average molecular weight is 433 g/mol. The Balaban J connectivity index is 1.48. The number of benzene rings is 2. The van der Waals surface area contributed by atoms with E-state index in [1.54, 1.807) is 12.1 Å². The molecule has 31 heavy (non-hydrogen) atoms. The van der Waals surface area contributed by atoms with Crippen molar-refractivity contribution >= 4 is 0 Å². The molecule has 2 aliphatic heterocycles. The summed E-state index contributed by atoms with van der Waals surface area (Å²) in [4.78, 5) is 0. The molecule has 5 rings (SSSR count). The highest BCUT2D eigenvalue weighted by molar-refractivity contribution is 5.48. The van der Waals surface area contributed by atoms with Crippen LogP contribution in [0.3, 0.4) is 0 Å². The number of ether oxygens (including phenoxy) is 3. The molecule has 2 heterocycles. The van der Waals surface area contributed by atoms with E-state index in [0.717, 1.165) is 37.8 Å². The van der Waals surface area contributed by atoms with E-state index in [0.29, 0.717) is 24.3 Å². The van der Waals surface area contributed by atoms with Crippen LogP contribution in [-0.2, 0) is 4.74 Å². The Kier molecular flexibility index (Phi) is 5.34. The van der Waals surface area contributed by atoms with Crippen molar-refractivity contribution < 1.29 is 27.4 Å². The summed E-state index contributed by atoms with van der Waals surface area (Å²) < 4.78 is 56.3. The molecule has 2 aromatic carbocycles. The lowest BCUT2D eigenvalue weighted by Crippen LogP contribution is -2.48. The van der Waals surface area contributed by atoms with Crippen LogP contribution in [0.1, 0.15) is 55.2 Å². The Morgan fingerprint density at radius 3 is 2.52 bits per heavy atom. The van der Waals surface area contributed by atoms with Crippen LogP contribution in [0.25, 0.3) is 0 Å². The van der Waals surface area contributed by atoms with Crippen LogP contribution >= 0.6 is 0 Å². The van der Waals surface area contributed by atoms with E-state index < -0.39 is 12.0 Å². The van der Waals surface area contributed by atoms with Crippen LogP contribution < -0.4 is 14.8 Å². The number of hydrogen-bond donors (Lipinski definition) is 1. The third-order valence-corrected chi connectivity index (χ3v) is 6.43. The van der Waals surface area contributed by atoms with Crippen molar-refractivity contribution in [1.82, 2.24) is 5.32 Å². The smallest absolute Gasteiger partial charge is 0.490 e. The molecule has 1 N–H and O–H groups in total.